The van der Waals surface area contributed by atoms with Crippen LogP contribution in [0.3, 0.4) is 0 Å². The topological polar surface area (TPSA) is 53.6 Å². The van der Waals surface area contributed by atoms with Gasteiger partial charge in [0.15, 0.2) is 0 Å². The molecule has 0 radical (unpaired) electrons. The number of hydrogen-bond acceptors (Lipinski definition) is 4. The van der Waals surface area contributed by atoms with E-state index in [-0.39, 0.29) is 11.9 Å². The van der Waals surface area contributed by atoms with Crippen LogP contribution in [0.4, 0.5) is 0 Å². The number of nitrogens with one attached hydrogen (secondary N) is 2. The molecule has 2 heterocycles. The number of carbonyl (C=O) groups is 1. The molecule has 104 valence electrons. The Morgan fingerprint density at radius 3 is 2.56 bits per heavy atom. The van der Waals surface area contributed by atoms with E-state index in [1.165, 1.54) is 0 Å². The predicted molar refractivity (Wildman–Crippen MR) is 70.5 cm³/mol. The Hall–Kier alpha value is -0.650. The summed E-state index contributed by atoms with van der Waals surface area (Å²) in [5.41, 5.74) is 0. The average Bonchev–Trinajstić information content (AvgIpc) is 2.40. The molecule has 0 aromatic heterocycles. The molecule has 0 saturated carbocycles. The second-order valence-electron chi connectivity index (χ2n) is 5.25. The highest BCUT2D eigenvalue weighted by Crippen LogP contribution is 2.14. The Morgan fingerprint density at radius 2 is 2.00 bits per heavy atom. The molecule has 2 rings (SSSR count). The number of piperidine rings is 1. The van der Waals surface area contributed by atoms with Gasteiger partial charge in [0, 0.05) is 38.8 Å². The van der Waals surface area contributed by atoms with Gasteiger partial charge in [0.1, 0.15) is 0 Å². The van der Waals surface area contributed by atoms with Crippen molar-refractivity contribution in [1.82, 2.24) is 15.5 Å². The second-order valence-corrected chi connectivity index (χ2v) is 5.25. The third-order valence-electron chi connectivity index (χ3n) is 3.79. The van der Waals surface area contributed by atoms with Gasteiger partial charge in [-0.2, -0.15) is 0 Å². The molecule has 2 N–H and O–H groups in total. The molecule has 0 aliphatic carbocycles. The van der Waals surface area contributed by atoms with E-state index in [9.17, 15) is 4.79 Å². The molecule has 2 unspecified atom stereocenters. The summed E-state index contributed by atoms with van der Waals surface area (Å²) in [6.07, 6.45) is 2.28. The van der Waals surface area contributed by atoms with E-state index >= 15 is 0 Å². The second kappa shape index (κ2) is 6.50. The highest BCUT2D eigenvalue weighted by Gasteiger charge is 2.30. The van der Waals surface area contributed by atoms with Crippen molar-refractivity contribution in [2.45, 2.75) is 44.9 Å². The first-order chi connectivity index (χ1) is 8.70. The molecule has 18 heavy (non-hydrogen) atoms. The lowest BCUT2D eigenvalue weighted by Gasteiger charge is -2.36. The molecule has 1 amide bonds. The van der Waals surface area contributed by atoms with E-state index in [2.05, 4.69) is 17.6 Å². The zero-order chi connectivity index (χ0) is 13.0. The summed E-state index contributed by atoms with van der Waals surface area (Å²) in [6.45, 7) is 8.19. The lowest BCUT2D eigenvalue weighted by Crippen LogP contribution is -2.60. The molecule has 5 nitrogen and oxygen atoms in total. The van der Waals surface area contributed by atoms with Crippen LogP contribution < -0.4 is 10.6 Å². The average molecular weight is 255 g/mol. The lowest BCUT2D eigenvalue weighted by atomic mass is 10.1. The maximum atomic E-state index is 12.3. The normalized spacial score (nSPS) is 30.4. The number of likely N-dealkylation sites (tertiary alicyclic amines) is 1. The first-order valence-corrected chi connectivity index (χ1v) is 7.08. The standard InChI is InChI=1S/C13H25N3O2/c1-3-18-11-4-6-16(7-5-11)13(17)12-9-14-10(2)8-15-12/h10-12,14-15H,3-9H2,1-2H3. The number of nitrogens with zero attached hydrogens (tertiary/aromatic N) is 1. The van der Waals surface area contributed by atoms with Gasteiger partial charge >= 0.3 is 0 Å². The Balaban J connectivity index is 1.77. The minimum atomic E-state index is -0.0511. The SMILES string of the molecule is CCOC1CCN(C(=O)C2CNC(C)CN2)CC1. The van der Waals surface area contributed by atoms with Gasteiger partial charge in [0.25, 0.3) is 0 Å². The fourth-order valence-electron chi connectivity index (χ4n) is 2.66. The van der Waals surface area contributed by atoms with Gasteiger partial charge in [-0.05, 0) is 26.7 Å². The van der Waals surface area contributed by atoms with Crippen molar-refractivity contribution in [3.63, 3.8) is 0 Å². The summed E-state index contributed by atoms with van der Waals surface area (Å²) >= 11 is 0. The van der Waals surface area contributed by atoms with Crippen molar-refractivity contribution in [1.29, 1.82) is 0 Å². The molecule has 2 aliphatic rings. The number of amides is 1. The maximum Gasteiger partial charge on any atom is 0.241 e. The van der Waals surface area contributed by atoms with Crippen LogP contribution in [-0.2, 0) is 9.53 Å². The minimum Gasteiger partial charge on any atom is -0.378 e. The van der Waals surface area contributed by atoms with Gasteiger partial charge in [-0.25, -0.2) is 0 Å². The zero-order valence-corrected chi connectivity index (χ0v) is 11.4. The van der Waals surface area contributed by atoms with E-state index in [4.69, 9.17) is 4.74 Å². The summed E-state index contributed by atoms with van der Waals surface area (Å²) in [5.74, 6) is 0.240. The Labute approximate surface area is 109 Å². The molecule has 2 atom stereocenters. The Kier molecular flexibility index (Phi) is 4.97. The molecular weight excluding hydrogens is 230 g/mol. The highest BCUT2D eigenvalue weighted by atomic mass is 16.5. The summed E-state index contributed by atoms with van der Waals surface area (Å²) < 4.78 is 5.60. The van der Waals surface area contributed by atoms with Crippen LogP contribution in [0.15, 0.2) is 0 Å². The fourth-order valence-corrected chi connectivity index (χ4v) is 2.66. The minimum absolute atomic E-state index is 0.0511. The zero-order valence-electron chi connectivity index (χ0n) is 11.4. The van der Waals surface area contributed by atoms with Crippen molar-refractivity contribution < 1.29 is 9.53 Å². The largest absolute Gasteiger partial charge is 0.378 e. The molecule has 2 saturated heterocycles. The summed E-state index contributed by atoms with van der Waals surface area (Å²) in [6, 6.07) is 0.405. The first-order valence-electron chi connectivity index (χ1n) is 7.08. The predicted octanol–water partition coefficient (Wildman–Crippen LogP) is -0.0362. The maximum absolute atomic E-state index is 12.3. The Morgan fingerprint density at radius 1 is 1.28 bits per heavy atom. The number of hydrogen-bond donors (Lipinski definition) is 2. The number of carbonyl (C=O) groups excluding carboxylic acids is 1. The fraction of sp³-hybridized carbons (Fsp3) is 0.923. The van der Waals surface area contributed by atoms with Crippen LogP contribution >= 0.6 is 0 Å². The molecule has 0 spiro atoms. The van der Waals surface area contributed by atoms with E-state index in [1.807, 2.05) is 11.8 Å². The quantitative estimate of drug-likeness (QED) is 0.743. The van der Waals surface area contributed by atoms with E-state index < -0.39 is 0 Å². The monoisotopic (exact) mass is 255 g/mol. The smallest absolute Gasteiger partial charge is 0.241 e. The molecule has 2 fully saturated rings. The van der Waals surface area contributed by atoms with Crippen molar-refractivity contribution in [2.24, 2.45) is 0 Å². The van der Waals surface area contributed by atoms with Gasteiger partial charge in [-0.1, -0.05) is 0 Å². The van der Waals surface area contributed by atoms with Crippen molar-refractivity contribution >= 4 is 5.91 Å². The van der Waals surface area contributed by atoms with Crippen LogP contribution in [0, 0.1) is 0 Å². The summed E-state index contributed by atoms with van der Waals surface area (Å²) in [7, 11) is 0. The van der Waals surface area contributed by atoms with Gasteiger partial charge in [0.2, 0.25) is 5.91 Å². The van der Waals surface area contributed by atoms with Crippen LogP contribution in [-0.4, -0.2) is 61.8 Å². The number of piperazine rings is 1. The van der Waals surface area contributed by atoms with E-state index in [1.54, 1.807) is 0 Å². The molecule has 0 aromatic carbocycles. The van der Waals surface area contributed by atoms with Gasteiger partial charge < -0.3 is 20.3 Å². The third-order valence-corrected chi connectivity index (χ3v) is 3.79. The van der Waals surface area contributed by atoms with Crippen molar-refractivity contribution in [3.8, 4) is 0 Å². The van der Waals surface area contributed by atoms with Gasteiger partial charge in [-0.15, -0.1) is 0 Å². The van der Waals surface area contributed by atoms with E-state index in [0.29, 0.717) is 12.1 Å². The lowest BCUT2D eigenvalue weighted by molar-refractivity contribution is -0.136. The molecule has 0 aromatic rings. The first kappa shape index (κ1) is 13.8. The number of rotatable bonds is 3. The molecule has 2 aliphatic heterocycles. The van der Waals surface area contributed by atoms with Crippen LogP contribution in [0.25, 0.3) is 0 Å². The summed E-state index contributed by atoms with van der Waals surface area (Å²) in [5, 5.41) is 6.66. The Bertz CT molecular complexity index is 269. The van der Waals surface area contributed by atoms with Crippen LogP contribution in [0.2, 0.25) is 0 Å². The van der Waals surface area contributed by atoms with E-state index in [0.717, 1.165) is 45.6 Å². The number of ether oxygens (including phenoxy) is 1. The van der Waals surface area contributed by atoms with Crippen molar-refractivity contribution in [3.05, 3.63) is 0 Å². The van der Waals surface area contributed by atoms with Crippen LogP contribution in [0.1, 0.15) is 26.7 Å². The molecule has 5 heteroatoms. The van der Waals surface area contributed by atoms with Gasteiger partial charge in [0.05, 0.1) is 12.1 Å². The highest BCUT2D eigenvalue weighted by molar-refractivity contribution is 5.82. The van der Waals surface area contributed by atoms with Gasteiger partial charge in [-0.3, -0.25) is 4.79 Å². The summed E-state index contributed by atoms with van der Waals surface area (Å²) in [4.78, 5) is 14.3. The molecule has 0 bridgehead atoms. The molecular formula is C13H25N3O2. The van der Waals surface area contributed by atoms with Crippen LogP contribution in [0.5, 0.6) is 0 Å². The van der Waals surface area contributed by atoms with Crippen molar-refractivity contribution in [2.75, 3.05) is 32.8 Å². The third kappa shape index (κ3) is 3.43.